The summed E-state index contributed by atoms with van der Waals surface area (Å²) >= 11 is 1.90. The van der Waals surface area contributed by atoms with E-state index in [-0.39, 0.29) is 12.3 Å². The van der Waals surface area contributed by atoms with Crippen LogP contribution in [0.15, 0.2) is 107 Å². The van der Waals surface area contributed by atoms with Crippen molar-refractivity contribution in [3.05, 3.63) is 103 Å². The van der Waals surface area contributed by atoms with Crippen LogP contribution in [0.2, 0.25) is 0 Å². The zero-order valence-corrected chi connectivity index (χ0v) is 22.4. The maximum absolute atomic E-state index is 2.65. The van der Waals surface area contributed by atoms with Crippen molar-refractivity contribution in [1.29, 1.82) is 0 Å². The van der Waals surface area contributed by atoms with Gasteiger partial charge in [0.15, 0.2) is 0 Å². The van der Waals surface area contributed by atoms with Crippen molar-refractivity contribution in [3.63, 3.8) is 0 Å². The fraction of sp³-hybridized carbons (Fsp3) is 0.118. The van der Waals surface area contributed by atoms with E-state index in [4.69, 9.17) is 0 Å². The topological polar surface area (TPSA) is 8.17 Å². The lowest BCUT2D eigenvalue weighted by Crippen LogP contribution is -2.61. The normalized spacial score (nSPS) is 14.5. The highest BCUT2D eigenvalue weighted by molar-refractivity contribution is 7.99. The van der Waals surface area contributed by atoms with E-state index in [0.29, 0.717) is 0 Å². The molecule has 3 aliphatic heterocycles. The van der Waals surface area contributed by atoms with Gasteiger partial charge in [-0.2, -0.15) is 0 Å². The second-order valence-corrected chi connectivity index (χ2v) is 12.9. The summed E-state index contributed by atoms with van der Waals surface area (Å²) in [6.45, 7) is 7.12. The van der Waals surface area contributed by atoms with Crippen LogP contribution in [0, 0.1) is 0 Å². The van der Waals surface area contributed by atoms with Gasteiger partial charge in [0.1, 0.15) is 0 Å². The number of anilines is 2. The lowest BCUT2D eigenvalue weighted by Gasteiger charge is -2.45. The highest BCUT2D eigenvalue weighted by Crippen LogP contribution is 2.55. The van der Waals surface area contributed by atoms with Crippen LogP contribution in [0.25, 0.3) is 38.6 Å². The molecule has 1 aromatic heterocycles. The summed E-state index contributed by atoms with van der Waals surface area (Å²) < 4.78 is 2.56. The summed E-state index contributed by atoms with van der Waals surface area (Å²) in [6, 6.07) is 36.6. The maximum Gasteiger partial charge on any atom is 0.333 e. The van der Waals surface area contributed by atoms with Crippen LogP contribution in [0.5, 0.6) is 0 Å². The molecule has 2 nitrogen and oxygen atoms in total. The molecule has 0 atom stereocenters. The van der Waals surface area contributed by atoms with Crippen molar-refractivity contribution in [1.82, 2.24) is 4.57 Å². The Labute approximate surface area is 227 Å². The van der Waals surface area contributed by atoms with Crippen molar-refractivity contribution < 1.29 is 0 Å². The number of rotatable bonds is 0. The fourth-order valence-corrected chi connectivity index (χ4v) is 8.13. The SMILES string of the molecule is CC(C)(C)c1cc2c3c(c1)-n1c4ccccc4c4cccc(c41)B3N1c3ccccc3Sc3cccc-2c31. The van der Waals surface area contributed by atoms with E-state index in [1.165, 1.54) is 76.3 Å². The number of nitrogens with zero attached hydrogens (tertiary/aromatic N) is 2. The molecule has 0 amide bonds. The van der Waals surface area contributed by atoms with E-state index in [1.807, 2.05) is 11.8 Å². The average molecular weight is 504 g/mol. The number of hydrogen-bond donors (Lipinski definition) is 0. The first-order valence-corrected chi connectivity index (χ1v) is 14.2. The molecule has 0 radical (unpaired) electrons. The molecular weight excluding hydrogens is 479 g/mol. The molecule has 0 N–H and O–H groups in total. The molecule has 0 fully saturated rings. The summed E-state index contributed by atoms with van der Waals surface area (Å²) in [5, 5.41) is 2.66. The molecule has 0 unspecified atom stereocenters. The lowest BCUT2D eigenvalue weighted by atomic mass is 9.43. The third-order valence-corrected chi connectivity index (χ3v) is 9.81. The van der Waals surface area contributed by atoms with Gasteiger partial charge in [0.2, 0.25) is 0 Å². The first kappa shape index (κ1) is 21.1. The molecule has 0 saturated carbocycles. The van der Waals surface area contributed by atoms with E-state index in [9.17, 15) is 0 Å². The number of benzene rings is 5. The second-order valence-electron chi connectivity index (χ2n) is 11.8. The Balaban J connectivity index is 1.53. The Morgan fingerprint density at radius 1 is 0.684 bits per heavy atom. The van der Waals surface area contributed by atoms with Crippen LogP contribution in [-0.2, 0) is 5.41 Å². The van der Waals surface area contributed by atoms with E-state index >= 15 is 0 Å². The monoisotopic (exact) mass is 504 g/mol. The van der Waals surface area contributed by atoms with E-state index in [1.54, 1.807) is 0 Å². The average Bonchev–Trinajstić information content (AvgIpc) is 3.27. The van der Waals surface area contributed by atoms with Crippen LogP contribution in [-0.4, -0.2) is 11.4 Å². The lowest BCUT2D eigenvalue weighted by molar-refractivity contribution is 0.590. The highest BCUT2D eigenvalue weighted by Gasteiger charge is 2.46. The summed E-state index contributed by atoms with van der Waals surface area (Å²) in [7, 11) is 0. The standard InChI is InChI=1S/C34H25BN2S/c1-34(2,3)20-18-24-23-12-9-17-30-33(23)37(27-15-6-7-16-29(27)38-30)35-25-13-8-11-22-21-10-4-5-14-26(21)36(32(22)25)28(19-20)31(24)35/h4-19H,1-3H3. The van der Waals surface area contributed by atoms with Gasteiger partial charge in [-0.15, -0.1) is 0 Å². The van der Waals surface area contributed by atoms with Crippen LogP contribution < -0.4 is 15.7 Å². The molecule has 0 bridgehead atoms. The highest BCUT2D eigenvalue weighted by atomic mass is 32.2. The summed E-state index contributed by atoms with van der Waals surface area (Å²) in [4.78, 5) is 5.31. The van der Waals surface area contributed by atoms with Gasteiger partial charge in [-0.05, 0) is 57.8 Å². The molecular formula is C34H25BN2S. The zero-order valence-electron chi connectivity index (χ0n) is 21.6. The first-order valence-electron chi connectivity index (χ1n) is 13.4. The predicted octanol–water partition coefficient (Wildman–Crippen LogP) is 7.78. The van der Waals surface area contributed by atoms with Gasteiger partial charge in [-0.25, -0.2) is 0 Å². The minimum Gasteiger partial charge on any atom is -0.374 e. The first-order chi connectivity index (χ1) is 18.5. The Kier molecular flexibility index (Phi) is 3.86. The van der Waals surface area contributed by atoms with Crippen molar-refractivity contribution in [2.75, 3.05) is 4.81 Å². The molecule has 9 rings (SSSR count). The van der Waals surface area contributed by atoms with E-state index in [0.717, 1.165) is 0 Å². The van der Waals surface area contributed by atoms with Gasteiger partial charge >= 0.3 is 6.85 Å². The molecule has 0 saturated heterocycles. The number of para-hydroxylation sites is 4. The Morgan fingerprint density at radius 3 is 2.34 bits per heavy atom. The van der Waals surface area contributed by atoms with Gasteiger partial charge in [-0.3, -0.25) is 0 Å². The molecule has 38 heavy (non-hydrogen) atoms. The third-order valence-electron chi connectivity index (χ3n) is 8.69. The molecule has 6 aromatic rings. The Morgan fingerprint density at radius 2 is 1.45 bits per heavy atom. The second kappa shape index (κ2) is 6.95. The van der Waals surface area contributed by atoms with Gasteiger partial charge in [0.05, 0.1) is 16.7 Å². The maximum atomic E-state index is 2.65. The van der Waals surface area contributed by atoms with Crippen LogP contribution >= 0.6 is 11.8 Å². The summed E-state index contributed by atoms with van der Waals surface area (Å²) in [5.74, 6) is 0. The molecule has 180 valence electrons. The largest absolute Gasteiger partial charge is 0.374 e. The molecule has 3 aliphatic rings. The van der Waals surface area contributed by atoms with Crippen molar-refractivity contribution in [2.24, 2.45) is 0 Å². The Hall–Kier alpha value is -3.89. The summed E-state index contributed by atoms with van der Waals surface area (Å²) in [5.41, 5.74) is 13.6. The van der Waals surface area contributed by atoms with Gasteiger partial charge < -0.3 is 9.38 Å². The van der Waals surface area contributed by atoms with E-state index in [2.05, 4.69) is 127 Å². The summed E-state index contributed by atoms with van der Waals surface area (Å²) in [6.07, 6.45) is 0. The fourth-order valence-electron chi connectivity index (χ4n) is 7.03. The molecule has 4 heterocycles. The van der Waals surface area contributed by atoms with Crippen molar-refractivity contribution in [3.8, 4) is 16.8 Å². The molecule has 0 spiro atoms. The van der Waals surface area contributed by atoms with Crippen LogP contribution in [0.4, 0.5) is 11.4 Å². The van der Waals surface area contributed by atoms with E-state index < -0.39 is 0 Å². The van der Waals surface area contributed by atoms with Gasteiger partial charge in [-0.1, -0.05) is 99.3 Å². The Bertz CT molecular complexity index is 2010. The molecule has 0 aliphatic carbocycles. The molecule has 5 aromatic carbocycles. The smallest absolute Gasteiger partial charge is 0.333 e. The van der Waals surface area contributed by atoms with Crippen molar-refractivity contribution in [2.45, 2.75) is 36.0 Å². The minimum absolute atomic E-state index is 0.0351. The number of hydrogen-bond acceptors (Lipinski definition) is 2. The van der Waals surface area contributed by atoms with Crippen LogP contribution in [0.3, 0.4) is 0 Å². The van der Waals surface area contributed by atoms with Gasteiger partial charge in [0, 0.05) is 37.5 Å². The third kappa shape index (κ3) is 2.47. The number of fused-ring (bicyclic) bond motifs is 9. The predicted molar refractivity (Wildman–Crippen MR) is 163 cm³/mol. The zero-order chi connectivity index (χ0) is 25.3. The molecule has 4 heteroatoms. The van der Waals surface area contributed by atoms with Crippen LogP contribution in [0.1, 0.15) is 26.3 Å². The minimum atomic E-state index is 0.0351. The van der Waals surface area contributed by atoms with Gasteiger partial charge in [0.25, 0.3) is 0 Å². The van der Waals surface area contributed by atoms with Crippen molar-refractivity contribution >= 4 is 62.7 Å². The number of aromatic nitrogens is 1. The quantitative estimate of drug-likeness (QED) is 0.195.